The number of hydrogen-bond donors (Lipinski definition) is 1. The number of nitrogen functional groups attached to an aromatic ring is 1. The van der Waals surface area contributed by atoms with Crippen molar-refractivity contribution in [3.63, 3.8) is 0 Å². The topological polar surface area (TPSA) is 73.4 Å². The molecule has 1 fully saturated rings. The summed E-state index contributed by atoms with van der Waals surface area (Å²) in [5.74, 6) is 0.00228. The van der Waals surface area contributed by atoms with Gasteiger partial charge < -0.3 is 15.4 Å². The number of ether oxygens (including phenoxy) is 1. The number of amides is 1. The highest BCUT2D eigenvalue weighted by molar-refractivity contribution is 6.31. The molecule has 0 aliphatic carbocycles. The molecule has 2 rings (SSSR count). The number of morpholine rings is 1. The van der Waals surface area contributed by atoms with Crippen molar-refractivity contribution in [1.29, 1.82) is 0 Å². The minimum absolute atomic E-state index is 0.00228. The molecule has 6 nitrogen and oxygen atoms in total. The van der Waals surface area contributed by atoms with Crippen molar-refractivity contribution < 1.29 is 9.53 Å². The second-order valence-electron chi connectivity index (χ2n) is 3.57. The molecule has 1 aliphatic heterocycles. The van der Waals surface area contributed by atoms with Crippen LogP contribution >= 0.6 is 11.6 Å². The van der Waals surface area contributed by atoms with E-state index in [0.717, 1.165) is 0 Å². The highest BCUT2D eigenvalue weighted by atomic mass is 35.5. The summed E-state index contributed by atoms with van der Waals surface area (Å²) in [6.07, 6.45) is 1.56. The van der Waals surface area contributed by atoms with Crippen LogP contribution in [0.3, 0.4) is 0 Å². The van der Waals surface area contributed by atoms with Gasteiger partial charge in [-0.2, -0.15) is 5.10 Å². The van der Waals surface area contributed by atoms with Crippen LogP contribution in [0.15, 0.2) is 6.20 Å². The summed E-state index contributed by atoms with van der Waals surface area (Å²) in [7, 11) is 0. The van der Waals surface area contributed by atoms with Crippen molar-refractivity contribution >= 4 is 23.2 Å². The van der Waals surface area contributed by atoms with Crippen LogP contribution in [0.4, 0.5) is 5.69 Å². The normalized spacial score (nSPS) is 16.4. The molecule has 2 heterocycles. The first kappa shape index (κ1) is 11.2. The summed E-state index contributed by atoms with van der Waals surface area (Å²) in [6, 6.07) is 0. The number of anilines is 1. The average Bonchev–Trinajstić information content (AvgIpc) is 2.59. The van der Waals surface area contributed by atoms with E-state index in [-0.39, 0.29) is 17.6 Å². The molecule has 0 bridgehead atoms. The smallest absolute Gasteiger partial charge is 0.244 e. The SMILES string of the molecule is Nc1cn(CC(=O)N2CCOCC2)nc1Cl. The minimum Gasteiger partial charge on any atom is -0.395 e. The Morgan fingerprint density at radius 3 is 2.81 bits per heavy atom. The van der Waals surface area contributed by atoms with Crippen LogP contribution in [-0.4, -0.2) is 46.9 Å². The average molecular weight is 245 g/mol. The van der Waals surface area contributed by atoms with Gasteiger partial charge in [-0.1, -0.05) is 11.6 Å². The third-order valence-corrected chi connectivity index (χ3v) is 2.70. The third-order valence-electron chi connectivity index (χ3n) is 2.40. The number of halogens is 1. The highest BCUT2D eigenvalue weighted by Gasteiger charge is 2.17. The molecule has 0 unspecified atom stereocenters. The van der Waals surface area contributed by atoms with E-state index < -0.39 is 0 Å². The molecule has 0 aromatic carbocycles. The molecule has 1 aromatic heterocycles. The minimum atomic E-state index is 0.00228. The Labute approximate surface area is 97.9 Å². The molecule has 1 saturated heterocycles. The lowest BCUT2D eigenvalue weighted by molar-refractivity contribution is -0.136. The van der Waals surface area contributed by atoms with Crippen LogP contribution in [0.2, 0.25) is 5.15 Å². The Hall–Kier alpha value is -1.27. The Bertz CT molecular complexity index is 367. The molecule has 1 aromatic rings. The zero-order chi connectivity index (χ0) is 11.5. The molecule has 2 N–H and O–H groups in total. The lowest BCUT2D eigenvalue weighted by Gasteiger charge is -2.26. The zero-order valence-corrected chi connectivity index (χ0v) is 9.48. The standard InChI is InChI=1S/C9H13ClN4O2/c10-9-7(11)5-14(12-9)6-8(15)13-1-3-16-4-2-13/h5H,1-4,6,11H2. The van der Waals surface area contributed by atoms with Crippen LogP contribution in [-0.2, 0) is 16.1 Å². The van der Waals surface area contributed by atoms with Gasteiger partial charge in [-0.25, -0.2) is 0 Å². The van der Waals surface area contributed by atoms with E-state index in [0.29, 0.717) is 32.0 Å². The maximum absolute atomic E-state index is 11.8. The van der Waals surface area contributed by atoms with Gasteiger partial charge in [0, 0.05) is 13.1 Å². The molecule has 7 heteroatoms. The molecule has 16 heavy (non-hydrogen) atoms. The van der Waals surface area contributed by atoms with Gasteiger partial charge in [0.2, 0.25) is 5.91 Å². The van der Waals surface area contributed by atoms with Crippen LogP contribution in [0.1, 0.15) is 0 Å². The van der Waals surface area contributed by atoms with E-state index in [1.54, 1.807) is 11.1 Å². The largest absolute Gasteiger partial charge is 0.395 e. The fourth-order valence-corrected chi connectivity index (χ4v) is 1.69. The second kappa shape index (κ2) is 4.71. The molecular weight excluding hydrogens is 232 g/mol. The van der Waals surface area contributed by atoms with Crippen LogP contribution in [0.25, 0.3) is 0 Å². The number of nitrogens with two attached hydrogens (primary N) is 1. The lowest BCUT2D eigenvalue weighted by atomic mass is 10.4. The van der Waals surface area contributed by atoms with Gasteiger partial charge >= 0.3 is 0 Å². The maximum Gasteiger partial charge on any atom is 0.244 e. The van der Waals surface area contributed by atoms with Gasteiger partial charge in [0.15, 0.2) is 5.15 Å². The fourth-order valence-electron chi connectivity index (χ4n) is 1.55. The van der Waals surface area contributed by atoms with E-state index in [2.05, 4.69) is 5.10 Å². The van der Waals surface area contributed by atoms with E-state index in [1.165, 1.54) is 4.68 Å². The lowest BCUT2D eigenvalue weighted by Crippen LogP contribution is -2.42. The molecule has 0 radical (unpaired) electrons. The predicted molar refractivity (Wildman–Crippen MR) is 59.0 cm³/mol. The molecule has 88 valence electrons. The first-order valence-electron chi connectivity index (χ1n) is 5.01. The highest BCUT2D eigenvalue weighted by Crippen LogP contribution is 2.14. The summed E-state index contributed by atoms with van der Waals surface area (Å²) in [5, 5.41) is 4.15. The number of nitrogens with zero attached hydrogens (tertiary/aromatic N) is 3. The van der Waals surface area contributed by atoms with Gasteiger partial charge in [-0.05, 0) is 0 Å². The van der Waals surface area contributed by atoms with Gasteiger partial charge in [0.05, 0.1) is 25.1 Å². The van der Waals surface area contributed by atoms with Crippen molar-refractivity contribution in [2.75, 3.05) is 32.0 Å². The molecule has 0 spiro atoms. The number of hydrogen-bond acceptors (Lipinski definition) is 4. The Balaban J connectivity index is 1.95. The fraction of sp³-hybridized carbons (Fsp3) is 0.556. The molecule has 1 amide bonds. The number of rotatable bonds is 2. The zero-order valence-electron chi connectivity index (χ0n) is 8.73. The van der Waals surface area contributed by atoms with E-state index in [9.17, 15) is 4.79 Å². The molecule has 0 saturated carbocycles. The Morgan fingerprint density at radius 2 is 2.25 bits per heavy atom. The summed E-state index contributed by atoms with van der Waals surface area (Å²) in [4.78, 5) is 13.6. The summed E-state index contributed by atoms with van der Waals surface area (Å²) >= 11 is 5.70. The van der Waals surface area contributed by atoms with E-state index >= 15 is 0 Å². The Kier molecular flexibility index (Phi) is 3.31. The number of carbonyl (C=O) groups excluding carboxylic acids is 1. The van der Waals surface area contributed by atoms with Crippen molar-refractivity contribution in [2.24, 2.45) is 0 Å². The van der Waals surface area contributed by atoms with Crippen molar-refractivity contribution in [3.8, 4) is 0 Å². The van der Waals surface area contributed by atoms with Crippen LogP contribution < -0.4 is 5.73 Å². The van der Waals surface area contributed by atoms with Crippen LogP contribution in [0, 0.1) is 0 Å². The summed E-state index contributed by atoms with van der Waals surface area (Å²) in [6.45, 7) is 2.60. The quantitative estimate of drug-likeness (QED) is 0.794. The van der Waals surface area contributed by atoms with E-state index in [4.69, 9.17) is 22.1 Å². The Morgan fingerprint density at radius 1 is 1.56 bits per heavy atom. The van der Waals surface area contributed by atoms with Crippen molar-refractivity contribution in [2.45, 2.75) is 6.54 Å². The van der Waals surface area contributed by atoms with E-state index in [1.807, 2.05) is 0 Å². The molecule has 1 aliphatic rings. The number of carbonyl (C=O) groups is 1. The third kappa shape index (κ3) is 2.45. The first-order chi connectivity index (χ1) is 7.66. The molecule has 0 atom stereocenters. The second-order valence-corrected chi connectivity index (χ2v) is 3.92. The van der Waals surface area contributed by atoms with Gasteiger partial charge in [-0.15, -0.1) is 0 Å². The summed E-state index contributed by atoms with van der Waals surface area (Å²) < 4.78 is 6.62. The maximum atomic E-state index is 11.8. The number of aromatic nitrogens is 2. The monoisotopic (exact) mass is 244 g/mol. The van der Waals surface area contributed by atoms with Crippen molar-refractivity contribution in [1.82, 2.24) is 14.7 Å². The van der Waals surface area contributed by atoms with Gasteiger partial charge in [0.25, 0.3) is 0 Å². The van der Waals surface area contributed by atoms with Crippen LogP contribution in [0.5, 0.6) is 0 Å². The predicted octanol–water partition coefficient (Wildman–Crippen LogP) is -0.0225. The van der Waals surface area contributed by atoms with Gasteiger partial charge in [0.1, 0.15) is 6.54 Å². The molecular formula is C9H13ClN4O2. The summed E-state index contributed by atoms with van der Waals surface area (Å²) in [5.41, 5.74) is 5.92. The first-order valence-corrected chi connectivity index (χ1v) is 5.38. The van der Waals surface area contributed by atoms with Gasteiger partial charge in [-0.3, -0.25) is 9.48 Å². The van der Waals surface area contributed by atoms with Crippen molar-refractivity contribution in [3.05, 3.63) is 11.3 Å².